The summed E-state index contributed by atoms with van der Waals surface area (Å²) in [5.74, 6) is 1.44. The van der Waals surface area contributed by atoms with Crippen LogP contribution in [0.5, 0.6) is 5.75 Å². The van der Waals surface area contributed by atoms with E-state index < -0.39 is 13.9 Å². The van der Waals surface area contributed by atoms with Crippen molar-refractivity contribution in [1.29, 1.82) is 0 Å². The lowest BCUT2D eigenvalue weighted by molar-refractivity contribution is 0.300. The summed E-state index contributed by atoms with van der Waals surface area (Å²) >= 11 is 2.31. The molecule has 1 aliphatic carbocycles. The van der Waals surface area contributed by atoms with Crippen LogP contribution in [0.25, 0.3) is 0 Å². The fourth-order valence-corrected chi connectivity index (χ4v) is 4.48. The highest BCUT2D eigenvalue weighted by atomic mass is 127. The quantitative estimate of drug-likeness (QED) is 0.280. The molecule has 0 bridgehead atoms. The zero-order valence-electron chi connectivity index (χ0n) is 16.4. The highest BCUT2D eigenvalue weighted by Crippen LogP contribution is 2.39. The van der Waals surface area contributed by atoms with Crippen LogP contribution in [0.15, 0.2) is 35.1 Å². The van der Waals surface area contributed by atoms with Crippen molar-refractivity contribution in [2.45, 2.75) is 45.0 Å². The monoisotopic (exact) mass is 506 g/mol. The molecule has 7 heteroatoms. The van der Waals surface area contributed by atoms with Gasteiger partial charge in [-0.15, -0.1) is 0 Å². The molecule has 2 rings (SSSR count). The van der Waals surface area contributed by atoms with E-state index in [2.05, 4.69) is 49.4 Å². The van der Waals surface area contributed by atoms with E-state index in [1.165, 1.54) is 11.1 Å². The lowest BCUT2D eigenvalue weighted by atomic mass is 9.81. The smallest absolute Gasteiger partial charge is 0.362 e. The van der Waals surface area contributed by atoms with Crippen LogP contribution in [-0.2, 0) is 11.0 Å². The molecule has 0 amide bonds. The Morgan fingerprint density at radius 1 is 1.22 bits per heavy atom. The van der Waals surface area contributed by atoms with Crippen LogP contribution in [0.2, 0.25) is 0 Å². The van der Waals surface area contributed by atoms with Gasteiger partial charge in [0.25, 0.3) is 0 Å². The number of hydrogen-bond acceptors (Lipinski definition) is 3. The summed E-state index contributed by atoms with van der Waals surface area (Å²) in [6, 6.07) is 3.65. The Morgan fingerprint density at radius 2 is 1.78 bits per heavy atom. The summed E-state index contributed by atoms with van der Waals surface area (Å²) in [6.07, 6.45) is 2.29. The first-order valence-electron chi connectivity index (χ1n) is 8.95. The summed E-state index contributed by atoms with van der Waals surface area (Å²) in [5.41, 5.74) is 5.52. The Bertz CT molecular complexity index is 799. The first kappa shape index (κ1) is 22.5. The molecular weight excluding hydrogens is 478 g/mol. The van der Waals surface area contributed by atoms with Crippen LogP contribution in [0, 0.1) is 25.7 Å². The summed E-state index contributed by atoms with van der Waals surface area (Å²) in [4.78, 5) is 18.0. The van der Waals surface area contributed by atoms with E-state index >= 15 is 0 Å². The van der Waals surface area contributed by atoms with E-state index in [9.17, 15) is 9.67 Å². The Kier molecular flexibility index (Phi) is 7.22. The van der Waals surface area contributed by atoms with Crippen molar-refractivity contribution in [3.05, 3.63) is 51.8 Å². The number of aliphatic hydroxyl groups excluding tert-OH is 1. The summed E-state index contributed by atoms with van der Waals surface area (Å²) in [7, 11) is -4.20. The maximum absolute atomic E-state index is 11.0. The zero-order chi connectivity index (χ0) is 20.5. The number of rotatable bonds is 6. The second kappa shape index (κ2) is 8.68. The lowest BCUT2D eigenvalue weighted by Gasteiger charge is -2.30. The third kappa shape index (κ3) is 5.59. The molecule has 0 saturated heterocycles. The molecule has 2 atom stereocenters. The highest BCUT2D eigenvalue weighted by Gasteiger charge is 2.29. The van der Waals surface area contributed by atoms with Crippen molar-refractivity contribution in [1.82, 2.24) is 0 Å². The van der Waals surface area contributed by atoms with E-state index in [0.29, 0.717) is 11.5 Å². The number of aliphatic hydroxyl groups is 1. The fraction of sp³-hybridized carbons (Fsp3) is 0.500. The third-order valence-corrected chi connectivity index (χ3v) is 7.13. The highest BCUT2D eigenvalue weighted by molar-refractivity contribution is 14.1. The second-order valence-corrected chi connectivity index (χ2v) is 10.5. The number of allylic oxidation sites excluding steroid dienone is 4. The average molecular weight is 506 g/mol. The van der Waals surface area contributed by atoms with Gasteiger partial charge in [0.1, 0.15) is 11.5 Å². The van der Waals surface area contributed by atoms with Gasteiger partial charge in [-0.25, -0.2) is 0 Å². The van der Waals surface area contributed by atoms with Crippen molar-refractivity contribution < 1.29 is 24.2 Å². The topological polar surface area (TPSA) is 87.0 Å². The van der Waals surface area contributed by atoms with Crippen molar-refractivity contribution in [2.24, 2.45) is 11.8 Å². The van der Waals surface area contributed by atoms with Gasteiger partial charge in [-0.3, -0.25) is 4.57 Å². The van der Waals surface area contributed by atoms with Gasteiger partial charge in [-0.1, -0.05) is 55.0 Å². The van der Waals surface area contributed by atoms with Gasteiger partial charge in [-0.2, -0.15) is 0 Å². The first-order valence-corrected chi connectivity index (χ1v) is 12.0. The number of halogens is 1. The van der Waals surface area contributed by atoms with Gasteiger partial charge in [0.05, 0.1) is 3.92 Å². The lowest BCUT2D eigenvalue weighted by Crippen LogP contribution is -2.24. The molecule has 1 aliphatic rings. The minimum absolute atomic E-state index is 0.0615. The number of hydrogen-bond donors (Lipinski definition) is 3. The number of benzene rings is 1. The summed E-state index contributed by atoms with van der Waals surface area (Å²) in [6.45, 7) is 10.3. The predicted molar refractivity (Wildman–Crippen MR) is 117 cm³/mol. The maximum Gasteiger partial charge on any atom is 0.362 e. The first-order chi connectivity index (χ1) is 12.4. The molecule has 1 aromatic carbocycles. The van der Waals surface area contributed by atoms with Crippen molar-refractivity contribution in [2.75, 3.05) is 6.35 Å². The van der Waals surface area contributed by atoms with Gasteiger partial charge in [0.2, 0.25) is 0 Å². The number of ether oxygens (including phenoxy) is 1. The van der Waals surface area contributed by atoms with E-state index in [4.69, 9.17) is 14.5 Å². The molecule has 2 unspecified atom stereocenters. The van der Waals surface area contributed by atoms with Crippen molar-refractivity contribution in [3.63, 3.8) is 0 Å². The van der Waals surface area contributed by atoms with Crippen LogP contribution in [0.4, 0.5) is 0 Å². The van der Waals surface area contributed by atoms with Crippen LogP contribution < -0.4 is 4.74 Å². The van der Waals surface area contributed by atoms with Gasteiger partial charge < -0.3 is 19.6 Å². The molecule has 3 N–H and O–H groups in total. The third-order valence-electron chi connectivity index (χ3n) is 4.99. The van der Waals surface area contributed by atoms with E-state index in [0.717, 1.165) is 23.1 Å². The molecule has 0 spiro atoms. The Balaban J connectivity index is 2.31. The Hall–Kier alpha value is -0.820. The molecule has 0 saturated carbocycles. The predicted octanol–water partition coefficient (Wildman–Crippen LogP) is 5.21. The Labute approximate surface area is 174 Å². The minimum Gasteiger partial charge on any atom is -0.511 e. The summed E-state index contributed by atoms with van der Waals surface area (Å²) in [5, 5.41) is 10.5. The van der Waals surface area contributed by atoms with Crippen LogP contribution in [0.3, 0.4) is 0 Å². The van der Waals surface area contributed by atoms with Crippen LogP contribution in [0.1, 0.15) is 37.5 Å². The molecule has 0 heterocycles. The molecule has 1 aromatic rings. The standard InChI is InChI=1S/C20H28IO5P/c1-11(2)17-8-15(14(5)19(21)20(17)22)9-18-12(3)6-16(7-13(18)4)26-10-27(23,24)25/h6-8,11,14,19,22H,9-10H2,1-5H3,(H2,23,24,25). The number of aryl methyl sites for hydroxylation is 2. The zero-order valence-corrected chi connectivity index (χ0v) is 19.4. The van der Waals surface area contributed by atoms with Gasteiger partial charge in [0.15, 0.2) is 6.35 Å². The average Bonchev–Trinajstić information content (AvgIpc) is 2.55. The van der Waals surface area contributed by atoms with E-state index in [1.807, 2.05) is 26.0 Å². The molecule has 0 aliphatic heterocycles. The minimum atomic E-state index is -4.20. The molecule has 27 heavy (non-hydrogen) atoms. The van der Waals surface area contributed by atoms with Crippen LogP contribution >= 0.6 is 30.2 Å². The SMILES string of the molecule is Cc1cc(OCP(=O)(O)O)cc(C)c1CC1=CC(C(C)C)=C(O)C(I)C1C. The Morgan fingerprint density at radius 3 is 2.26 bits per heavy atom. The molecule has 0 radical (unpaired) electrons. The summed E-state index contributed by atoms with van der Waals surface area (Å²) < 4.78 is 16.3. The van der Waals surface area contributed by atoms with Crippen molar-refractivity contribution >= 4 is 30.2 Å². The van der Waals surface area contributed by atoms with E-state index in [-0.39, 0.29) is 15.8 Å². The van der Waals surface area contributed by atoms with E-state index in [1.54, 1.807) is 0 Å². The van der Waals surface area contributed by atoms with Crippen LogP contribution in [-0.4, -0.2) is 25.2 Å². The second-order valence-electron chi connectivity index (χ2n) is 7.56. The molecule has 5 nitrogen and oxygen atoms in total. The van der Waals surface area contributed by atoms with Gasteiger partial charge >= 0.3 is 7.60 Å². The number of alkyl halides is 1. The molecular formula is C20H28IO5P. The fourth-order valence-electron chi connectivity index (χ4n) is 3.34. The maximum atomic E-state index is 11.0. The normalized spacial score (nSPS) is 20.9. The van der Waals surface area contributed by atoms with Gasteiger partial charge in [-0.05, 0) is 66.5 Å². The molecule has 0 aromatic heterocycles. The largest absolute Gasteiger partial charge is 0.511 e. The molecule has 0 fully saturated rings. The van der Waals surface area contributed by atoms with Gasteiger partial charge in [0, 0.05) is 0 Å². The molecule has 150 valence electrons. The van der Waals surface area contributed by atoms with Crippen molar-refractivity contribution in [3.8, 4) is 5.75 Å².